The molecule has 0 unspecified atom stereocenters. The monoisotopic (exact) mass is 494 g/mol. The van der Waals surface area contributed by atoms with Gasteiger partial charge < -0.3 is 9.15 Å². The van der Waals surface area contributed by atoms with Gasteiger partial charge in [0.15, 0.2) is 12.1 Å². The van der Waals surface area contributed by atoms with Crippen LogP contribution in [0.3, 0.4) is 0 Å². The molecule has 0 atom stereocenters. The number of hydrogen-bond acceptors (Lipinski definition) is 4. The third kappa shape index (κ3) is 8.76. The first kappa shape index (κ1) is 27.9. The number of amides is 1. The smallest absolute Gasteiger partial charge is 0.423 e. The number of carbonyl (C=O) groups is 2. The van der Waals surface area contributed by atoms with Crippen LogP contribution in [0.4, 0.5) is 0 Å². The van der Waals surface area contributed by atoms with E-state index in [1.54, 1.807) is 16.7 Å². The van der Waals surface area contributed by atoms with Crippen molar-refractivity contribution in [3.8, 4) is 0 Å². The summed E-state index contributed by atoms with van der Waals surface area (Å²) in [6.45, 7) is 3.30. The van der Waals surface area contributed by atoms with E-state index in [1.165, 1.54) is 44.9 Å². The zero-order chi connectivity index (χ0) is 25.4. The minimum Gasteiger partial charge on any atom is -0.462 e. The van der Waals surface area contributed by atoms with E-state index < -0.39 is 5.97 Å². The lowest BCUT2D eigenvalue weighted by atomic mass is 10.1. The van der Waals surface area contributed by atoms with Crippen molar-refractivity contribution in [1.82, 2.24) is 0 Å². The predicted molar refractivity (Wildman–Crippen MR) is 146 cm³/mol. The van der Waals surface area contributed by atoms with E-state index in [-0.39, 0.29) is 11.5 Å². The van der Waals surface area contributed by atoms with Crippen molar-refractivity contribution in [2.45, 2.75) is 103 Å². The molecular formula is C31H44NO4+. The molecule has 1 aliphatic rings. The van der Waals surface area contributed by atoms with E-state index in [0.717, 1.165) is 51.4 Å². The molecule has 1 aliphatic heterocycles. The number of allylic oxidation sites excluding steroid dienone is 4. The number of esters is 1. The van der Waals surface area contributed by atoms with E-state index in [2.05, 4.69) is 31.2 Å². The topological polar surface area (TPSA) is 59.5 Å². The average molecular weight is 495 g/mol. The number of ether oxygens (including phenoxy) is 1. The summed E-state index contributed by atoms with van der Waals surface area (Å²) in [7, 11) is 0. The lowest BCUT2D eigenvalue weighted by molar-refractivity contribution is -0.429. The molecule has 0 fully saturated rings. The van der Waals surface area contributed by atoms with Crippen LogP contribution in [0.2, 0.25) is 0 Å². The van der Waals surface area contributed by atoms with Crippen molar-refractivity contribution >= 4 is 29.3 Å². The van der Waals surface area contributed by atoms with Gasteiger partial charge in [-0.1, -0.05) is 69.8 Å². The highest BCUT2D eigenvalue weighted by molar-refractivity contribution is 6.13. The molecule has 3 heterocycles. The molecule has 2 bridgehead atoms. The van der Waals surface area contributed by atoms with Crippen molar-refractivity contribution in [1.29, 1.82) is 0 Å². The molecule has 2 aromatic rings. The maximum absolute atomic E-state index is 13.0. The van der Waals surface area contributed by atoms with Gasteiger partial charge in [0.05, 0.1) is 6.61 Å². The molecule has 1 amide bonds. The van der Waals surface area contributed by atoms with Crippen LogP contribution in [0.1, 0.15) is 124 Å². The number of carbonyl (C=O) groups excluding carboxylic acids is 2. The highest BCUT2D eigenvalue weighted by Crippen LogP contribution is 2.30. The van der Waals surface area contributed by atoms with Gasteiger partial charge in [0, 0.05) is 12.8 Å². The zero-order valence-corrected chi connectivity index (χ0v) is 22.1. The van der Waals surface area contributed by atoms with E-state index in [4.69, 9.17) is 9.15 Å². The molecular weight excluding hydrogens is 450 g/mol. The number of rotatable bonds is 17. The lowest BCUT2D eigenvalue weighted by Gasteiger charge is -2.08. The number of unbranched alkanes of at least 4 members (excludes halogenated alkanes) is 9. The van der Waals surface area contributed by atoms with Crippen LogP contribution in [0, 0.1) is 0 Å². The number of hydrogen-bond donors (Lipinski definition) is 0. The van der Waals surface area contributed by atoms with Crippen LogP contribution in [0.25, 0.3) is 11.2 Å². The summed E-state index contributed by atoms with van der Waals surface area (Å²) in [5.41, 5.74) is 1.55. The van der Waals surface area contributed by atoms with Gasteiger partial charge in [-0.2, -0.15) is 4.58 Å². The molecule has 0 saturated heterocycles. The Kier molecular flexibility index (Phi) is 12.5. The largest absolute Gasteiger partial charge is 0.462 e. The average Bonchev–Trinajstić information content (AvgIpc) is 3.52. The summed E-state index contributed by atoms with van der Waals surface area (Å²) in [5.74, 6) is -0.614. The molecule has 5 heteroatoms. The highest BCUT2D eigenvalue weighted by Gasteiger charge is 2.35. The molecule has 0 saturated carbocycles. The number of nitrogens with zero attached hydrogens (tertiary/aromatic N) is 1. The molecule has 0 radical (unpaired) electrons. The standard InChI is InChI=1S/C31H44NO4/c1-2-3-4-5-6-7-8-9-10-11-12-13-14-15-16-20-25-35-31(34)29-27-22-21-26(36-27)28(29)30(33)32-23-18-17-19-24-32/h6-7,9-10,21-23H,2-5,8,11-20,24-25H2,1H3/q+1. The third-order valence-electron chi connectivity index (χ3n) is 6.81. The normalized spacial score (nSPS) is 14.3. The Morgan fingerprint density at radius 3 is 2.22 bits per heavy atom. The minimum atomic E-state index is -0.452. The van der Waals surface area contributed by atoms with Gasteiger partial charge >= 0.3 is 11.9 Å². The fourth-order valence-corrected chi connectivity index (χ4v) is 4.69. The SMILES string of the molecule is CCCCCC=CCC=CCCCCCCCCOC(=O)c1c(C(=O)[N+]2=CCCCC2)c2ccc1o2. The fourth-order valence-electron chi connectivity index (χ4n) is 4.69. The Hall–Kier alpha value is -2.69. The molecule has 36 heavy (non-hydrogen) atoms. The van der Waals surface area contributed by atoms with Gasteiger partial charge in [-0.15, -0.1) is 0 Å². The molecule has 0 spiro atoms. The Morgan fingerprint density at radius 1 is 0.861 bits per heavy atom. The van der Waals surface area contributed by atoms with Crippen molar-refractivity contribution in [3.05, 3.63) is 47.6 Å². The number of fused-ring (bicyclic) bond motifs is 2. The lowest BCUT2D eigenvalue weighted by Crippen LogP contribution is -2.27. The Morgan fingerprint density at radius 2 is 1.53 bits per heavy atom. The minimum absolute atomic E-state index is 0.162. The second-order valence-corrected chi connectivity index (χ2v) is 9.81. The summed E-state index contributed by atoms with van der Waals surface area (Å²) in [6, 6.07) is 3.49. The molecule has 0 N–H and O–H groups in total. The van der Waals surface area contributed by atoms with Gasteiger partial charge in [-0.05, 0) is 57.1 Å². The summed E-state index contributed by atoms with van der Waals surface area (Å²) < 4.78 is 12.9. The highest BCUT2D eigenvalue weighted by atomic mass is 16.5. The maximum atomic E-state index is 13.0. The van der Waals surface area contributed by atoms with Crippen LogP contribution in [0.15, 0.2) is 40.9 Å². The first-order chi connectivity index (χ1) is 17.7. The predicted octanol–water partition coefficient (Wildman–Crippen LogP) is 8.25. The van der Waals surface area contributed by atoms with Crippen LogP contribution in [0.5, 0.6) is 0 Å². The summed E-state index contributed by atoms with van der Waals surface area (Å²) in [5, 5.41) is 0. The molecule has 0 aromatic carbocycles. The fraction of sp³-hybridized carbons (Fsp3) is 0.581. The van der Waals surface area contributed by atoms with Crippen molar-refractivity contribution in [3.63, 3.8) is 0 Å². The first-order valence-electron chi connectivity index (χ1n) is 14.2. The van der Waals surface area contributed by atoms with Crippen LogP contribution >= 0.6 is 0 Å². The quantitative estimate of drug-likeness (QED) is 0.0961. The second-order valence-electron chi connectivity index (χ2n) is 9.81. The van der Waals surface area contributed by atoms with E-state index in [9.17, 15) is 9.59 Å². The van der Waals surface area contributed by atoms with E-state index in [0.29, 0.717) is 29.9 Å². The molecule has 0 aliphatic carbocycles. The number of benzene rings is 1. The number of furan rings is 2. The van der Waals surface area contributed by atoms with Crippen LogP contribution in [-0.4, -0.2) is 35.8 Å². The van der Waals surface area contributed by atoms with Gasteiger partial charge in [-0.3, -0.25) is 0 Å². The Labute approximate surface area is 216 Å². The van der Waals surface area contributed by atoms with Crippen molar-refractivity contribution < 1.29 is 23.3 Å². The van der Waals surface area contributed by atoms with Crippen LogP contribution < -0.4 is 0 Å². The van der Waals surface area contributed by atoms with Crippen molar-refractivity contribution in [2.24, 2.45) is 0 Å². The summed E-state index contributed by atoms with van der Waals surface area (Å²) in [6.07, 6.45) is 28.1. The zero-order valence-electron chi connectivity index (χ0n) is 22.1. The Bertz CT molecular complexity index is 1010. The molecule has 196 valence electrons. The van der Waals surface area contributed by atoms with Crippen molar-refractivity contribution in [2.75, 3.05) is 13.2 Å². The molecule has 3 rings (SSSR count). The van der Waals surface area contributed by atoms with Gasteiger partial charge in [0.25, 0.3) is 0 Å². The van der Waals surface area contributed by atoms with Crippen LogP contribution in [-0.2, 0) is 4.74 Å². The first-order valence-corrected chi connectivity index (χ1v) is 14.2. The van der Waals surface area contributed by atoms with E-state index in [1.807, 2.05) is 6.21 Å². The maximum Gasteiger partial charge on any atom is 0.423 e. The second kappa shape index (κ2) is 16.1. The third-order valence-corrected chi connectivity index (χ3v) is 6.81. The van der Waals surface area contributed by atoms with Gasteiger partial charge in [0.2, 0.25) is 0 Å². The molecule has 5 nitrogen and oxygen atoms in total. The van der Waals surface area contributed by atoms with Gasteiger partial charge in [0.1, 0.15) is 22.9 Å². The Balaban J connectivity index is 1.25. The molecule has 2 aromatic heterocycles. The summed E-state index contributed by atoms with van der Waals surface area (Å²) in [4.78, 5) is 25.8. The van der Waals surface area contributed by atoms with Gasteiger partial charge in [-0.25, -0.2) is 9.59 Å². The summed E-state index contributed by atoms with van der Waals surface area (Å²) >= 11 is 0. The van der Waals surface area contributed by atoms with E-state index >= 15 is 0 Å².